The van der Waals surface area contributed by atoms with Gasteiger partial charge in [-0.3, -0.25) is 14.2 Å². The number of aryl methyl sites for hydroxylation is 2. The van der Waals surface area contributed by atoms with Gasteiger partial charge in [-0.2, -0.15) is 0 Å². The van der Waals surface area contributed by atoms with Crippen LogP contribution in [0.3, 0.4) is 0 Å². The summed E-state index contributed by atoms with van der Waals surface area (Å²) >= 11 is 0. The van der Waals surface area contributed by atoms with Crippen molar-refractivity contribution in [1.29, 1.82) is 0 Å². The molecule has 0 N–H and O–H groups in total. The second-order valence-electron chi connectivity index (χ2n) is 7.80. The molecule has 0 radical (unpaired) electrons. The van der Waals surface area contributed by atoms with Crippen LogP contribution in [0.1, 0.15) is 37.6 Å². The summed E-state index contributed by atoms with van der Waals surface area (Å²) < 4.78 is 18.5. The summed E-state index contributed by atoms with van der Waals surface area (Å²) in [5, 5.41) is 0.598. The molecule has 0 unspecified atom stereocenters. The zero-order chi connectivity index (χ0) is 22.0. The second-order valence-corrected chi connectivity index (χ2v) is 7.80. The first kappa shape index (κ1) is 21.1. The van der Waals surface area contributed by atoms with Gasteiger partial charge in [0.2, 0.25) is 0 Å². The Balaban J connectivity index is 1.51. The topological polar surface area (TPSA) is 79.7 Å². The minimum Gasteiger partial charge on any atom is -0.465 e. The largest absolute Gasteiger partial charge is 0.465 e. The van der Waals surface area contributed by atoms with Gasteiger partial charge in [-0.05, 0) is 62.6 Å². The first-order chi connectivity index (χ1) is 14.9. The van der Waals surface area contributed by atoms with Gasteiger partial charge in [0.1, 0.15) is 18.2 Å². The SMILES string of the molecule is CC(=O)OC[C@@H]1CCC[C@H](Oc2ccc(-n3c(C)nc4c(C)cccc4c3=O)cc2)O1. The van der Waals surface area contributed by atoms with Crippen LogP contribution in [0.4, 0.5) is 0 Å². The number of esters is 1. The van der Waals surface area contributed by atoms with Crippen molar-refractivity contribution in [3.05, 3.63) is 64.2 Å². The summed E-state index contributed by atoms with van der Waals surface area (Å²) in [6, 6.07) is 12.9. The summed E-state index contributed by atoms with van der Waals surface area (Å²) in [6.45, 7) is 5.41. The molecule has 1 saturated heterocycles. The predicted molar refractivity (Wildman–Crippen MR) is 117 cm³/mol. The fourth-order valence-corrected chi connectivity index (χ4v) is 3.87. The van der Waals surface area contributed by atoms with Crippen molar-refractivity contribution in [2.24, 2.45) is 0 Å². The number of benzene rings is 2. The zero-order valence-corrected chi connectivity index (χ0v) is 18.0. The highest BCUT2D eigenvalue weighted by Crippen LogP contribution is 2.24. The molecular weight excluding hydrogens is 396 g/mol. The number of aromatic nitrogens is 2. The summed E-state index contributed by atoms with van der Waals surface area (Å²) in [5.41, 5.74) is 2.35. The number of carbonyl (C=O) groups excluding carboxylic acids is 1. The number of carbonyl (C=O) groups is 1. The van der Waals surface area contributed by atoms with Gasteiger partial charge in [-0.25, -0.2) is 4.98 Å². The highest BCUT2D eigenvalue weighted by atomic mass is 16.7. The van der Waals surface area contributed by atoms with Crippen LogP contribution in [0.25, 0.3) is 16.6 Å². The van der Waals surface area contributed by atoms with Crippen molar-refractivity contribution in [3.63, 3.8) is 0 Å². The van der Waals surface area contributed by atoms with Crippen LogP contribution in [-0.4, -0.2) is 34.5 Å². The Morgan fingerprint density at radius 1 is 1.16 bits per heavy atom. The summed E-state index contributed by atoms with van der Waals surface area (Å²) in [6.07, 6.45) is 1.99. The Labute approximate surface area is 180 Å². The highest BCUT2D eigenvalue weighted by molar-refractivity contribution is 5.81. The molecule has 3 aromatic rings. The maximum absolute atomic E-state index is 13.1. The Hall–Kier alpha value is -3.19. The lowest BCUT2D eigenvalue weighted by atomic mass is 10.1. The summed E-state index contributed by atoms with van der Waals surface area (Å²) in [4.78, 5) is 28.7. The third kappa shape index (κ3) is 4.61. The number of hydrogen-bond acceptors (Lipinski definition) is 6. The van der Waals surface area contributed by atoms with Gasteiger partial charge in [0, 0.05) is 13.3 Å². The Bertz CT molecular complexity index is 1150. The smallest absolute Gasteiger partial charge is 0.302 e. The second kappa shape index (κ2) is 8.89. The van der Waals surface area contributed by atoms with Gasteiger partial charge in [-0.15, -0.1) is 0 Å². The van der Waals surface area contributed by atoms with Crippen molar-refractivity contribution >= 4 is 16.9 Å². The molecule has 0 spiro atoms. The first-order valence-corrected chi connectivity index (χ1v) is 10.5. The molecule has 0 saturated carbocycles. The van der Waals surface area contributed by atoms with Crippen LogP contribution in [-0.2, 0) is 14.3 Å². The molecular formula is C24H26N2O5. The van der Waals surface area contributed by atoms with E-state index in [1.807, 2.05) is 50.2 Å². The van der Waals surface area contributed by atoms with Crippen molar-refractivity contribution in [1.82, 2.24) is 9.55 Å². The number of nitrogens with zero attached hydrogens (tertiary/aromatic N) is 2. The van der Waals surface area contributed by atoms with E-state index in [4.69, 9.17) is 14.2 Å². The van der Waals surface area contributed by atoms with E-state index in [0.29, 0.717) is 17.0 Å². The molecule has 2 atom stereocenters. The molecule has 0 aliphatic carbocycles. The van der Waals surface area contributed by atoms with E-state index in [-0.39, 0.29) is 24.2 Å². The molecule has 162 valence electrons. The minimum atomic E-state index is -0.394. The molecule has 7 heteroatoms. The van der Waals surface area contributed by atoms with Gasteiger partial charge in [0.25, 0.3) is 5.56 Å². The van der Waals surface area contributed by atoms with Crippen LogP contribution in [0.15, 0.2) is 47.3 Å². The lowest BCUT2D eigenvalue weighted by Crippen LogP contribution is -2.34. The molecule has 7 nitrogen and oxygen atoms in total. The number of hydrogen-bond donors (Lipinski definition) is 0. The first-order valence-electron chi connectivity index (χ1n) is 10.5. The minimum absolute atomic E-state index is 0.0937. The Morgan fingerprint density at radius 3 is 2.68 bits per heavy atom. The van der Waals surface area contributed by atoms with Crippen molar-refractivity contribution < 1.29 is 19.0 Å². The van der Waals surface area contributed by atoms with Crippen LogP contribution in [0.5, 0.6) is 5.75 Å². The number of rotatable bonds is 5. The molecule has 31 heavy (non-hydrogen) atoms. The van der Waals surface area contributed by atoms with Crippen LogP contribution in [0.2, 0.25) is 0 Å². The average Bonchev–Trinajstić information content (AvgIpc) is 2.75. The molecule has 1 aliphatic heterocycles. The third-order valence-electron chi connectivity index (χ3n) is 5.41. The van der Waals surface area contributed by atoms with Gasteiger partial charge >= 0.3 is 5.97 Å². The average molecular weight is 422 g/mol. The van der Waals surface area contributed by atoms with Crippen molar-refractivity contribution in [3.8, 4) is 11.4 Å². The van der Waals surface area contributed by atoms with Gasteiger partial charge in [0.05, 0.1) is 22.7 Å². The normalized spacial score (nSPS) is 18.7. The monoisotopic (exact) mass is 422 g/mol. The van der Waals surface area contributed by atoms with Crippen LogP contribution >= 0.6 is 0 Å². The van der Waals surface area contributed by atoms with E-state index >= 15 is 0 Å². The maximum atomic E-state index is 13.1. The van der Waals surface area contributed by atoms with E-state index in [1.165, 1.54) is 6.92 Å². The summed E-state index contributed by atoms with van der Waals surface area (Å²) in [5.74, 6) is 0.965. The standard InChI is InChI=1S/C24H26N2O5/c1-15-6-4-8-21-23(15)25-16(2)26(24(21)28)18-10-12-19(13-11-18)30-22-9-5-7-20(31-22)14-29-17(3)27/h4,6,8,10-13,20,22H,5,7,9,14H2,1-3H3/t20-,22+/m0/s1. The number of para-hydroxylation sites is 1. The lowest BCUT2D eigenvalue weighted by molar-refractivity contribution is -0.172. The molecule has 4 rings (SSSR count). The zero-order valence-electron chi connectivity index (χ0n) is 18.0. The predicted octanol–water partition coefficient (Wildman–Crippen LogP) is 3.84. The highest BCUT2D eigenvalue weighted by Gasteiger charge is 2.24. The molecule has 2 heterocycles. The van der Waals surface area contributed by atoms with Gasteiger partial charge < -0.3 is 14.2 Å². The van der Waals surface area contributed by atoms with Gasteiger partial charge in [0.15, 0.2) is 6.29 Å². The van der Waals surface area contributed by atoms with E-state index < -0.39 is 6.29 Å². The number of ether oxygens (including phenoxy) is 3. The Kier molecular flexibility index (Phi) is 6.04. The Morgan fingerprint density at radius 2 is 1.94 bits per heavy atom. The van der Waals surface area contributed by atoms with Gasteiger partial charge in [-0.1, -0.05) is 12.1 Å². The molecule has 1 fully saturated rings. The third-order valence-corrected chi connectivity index (χ3v) is 5.41. The van der Waals surface area contributed by atoms with E-state index in [2.05, 4.69) is 4.98 Å². The van der Waals surface area contributed by atoms with Crippen molar-refractivity contribution in [2.75, 3.05) is 6.61 Å². The van der Waals surface area contributed by atoms with E-state index in [0.717, 1.165) is 36.0 Å². The van der Waals surface area contributed by atoms with Crippen molar-refractivity contribution in [2.45, 2.75) is 52.4 Å². The molecule has 0 bridgehead atoms. The summed E-state index contributed by atoms with van der Waals surface area (Å²) in [7, 11) is 0. The maximum Gasteiger partial charge on any atom is 0.302 e. The molecule has 1 aromatic heterocycles. The van der Waals surface area contributed by atoms with E-state index in [9.17, 15) is 9.59 Å². The fraction of sp³-hybridized carbons (Fsp3) is 0.375. The lowest BCUT2D eigenvalue weighted by Gasteiger charge is -2.29. The van der Waals surface area contributed by atoms with Crippen LogP contribution < -0.4 is 10.3 Å². The van der Waals surface area contributed by atoms with Crippen LogP contribution in [0, 0.1) is 13.8 Å². The number of fused-ring (bicyclic) bond motifs is 1. The van der Waals surface area contributed by atoms with E-state index in [1.54, 1.807) is 10.6 Å². The molecule has 0 amide bonds. The quantitative estimate of drug-likeness (QED) is 0.581. The molecule has 1 aliphatic rings. The molecule has 2 aromatic carbocycles. The fourth-order valence-electron chi connectivity index (χ4n) is 3.87.